The van der Waals surface area contributed by atoms with Gasteiger partial charge in [0.15, 0.2) is 0 Å². The Morgan fingerprint density at radius 1 is 1.14 bits per heavy atom. The predicted molar refractivity (Wildman–Crippen MR) is 98.7 cm³/mol. The molecule has 0 saturated carbocycles. The fourth-order valence-electron chi connectivity index (χ4n) is 2.57. The number of rotatable bonds is 9. The van der Waals surface area contributed by atoms with Crippen molar-refractivity contribution in [3.8, 4) is 5.75 Å². The largest absolute Gasteiger partial charge is 0.488 e. The van der Waals surface area contributed by atoms with Crippen LogP contribution in [0.25, 0.3) is 0 Å². The fraction of sp³-hybridized carbons (Fsp3) is 0.211. The number of carbonyl (C=O) groups is 1. The van der Waals surface area contributed by atoms with Gasteiger partial charge < -0.3 is 21.1 Å². The monoisotopic (exact) mass is 386 g/mol. The first-order valence-corrected chi connectivity index (χ1v) is 8.77. The third kappa shape index (κ3) is 5.04. The molecule has 0 aliphatic carbocycles. The lowest BCUT2D eigenvalue weighted by atomic mass is 10.2. The molecule has 0 radical (unpaired) electrons. The van der Waals surface area contributed by atoms with Crippen LogP contribution in [0.2, 0.25) is 0 Å². The number of ether oxygens (including phenoxy) is 1. The van der Waals surface area contributed by atoms with Gasteiger partial charge in [0, 0.05) is 11.1 Å². The van der Waals surface area contributed by atoms with E-state index in [-0.39, 0.29) is 23.9 Å². The maximum Gasteiger partial charge on any atom is 0.277 e. The number of anilines is 1. The zero-order valence-corrected chi connectivity index (χ0v) is 15.1. The summed E-state index contributed by atoms with van der Waals surface area (Å²) in [4.78, 5) is 11.8. The van der Waals surface area contributed by atoms with Gasteiger partial charge in [0.1, 0.15) is 24.7 Å². The number of benzene rings is 2. The number of nitrogens with zero attached hydrogens (tertiary/aromatic N) is 2. The number of nitrogens with two attached hydrogens (primary N) is 2. The number of halogens is 1. The minimum absolute atomic E-state index is 0.0214. The molecule has 0 fully saturated rings. The van der Waals surface area contributed by atoms with Gasteiger partial charge >= 0.3 is 0 Å². The van der Waals surface area contributed by atoms with Crippen LogP contribution in [-0.2, 0) is 13.2 Å². The summed E-state index contributed by atoms with van der Waals surface area (Å²) < 4.78 is 23.9. The second-order valence-corrected chi connectivity index (χ2v) is 6.02. The molecule has 0 unspecified atom stereocenters. The number of para-hydroxylation sites is 1. The third-order valence-corrected chi connectivity index (χ3v) is 4.04. The summed E-state index contributed by atoms with van der Waals surface area (Å²) in [5.41, 5.74) is 6.94. The van der Waals surface area contributed by atoms with Crippen LogP contribution in [0.15, 0.2) is 53.2 Å². The average molecular weight is 386 g/mol. The number of carbonyl (C=O) groups excluding carboxylic acids is 1. The molecule has 0 spiro atoms. The van der Waals surface area contributed by atoms with Crippen molar-refractivity contribution in [1.29, 1.82) is 0 Å². The molecule has 1 heterocycles. The first-order chi connectivity index (χ1) is 13.6. The Kier molecular flexibility index (Phi) is 6.53. The summed E-state index contributed by atoms with van der Waals surface area (Å²) in [6.07, 6.45) is 0. The van der Waals surface area contributed by atoms with E-state index in [0.717, 1.165) is 5.56 Å². The molecule has 9 heteroatoms. The normalized spacial score (nSPS) is 10.6. The number of aromatic nitrogens is 2. The average Bonchev–Trinajstić information content (AvgIpc) is 3.14. The number of nitrogens with one attached hydrogen (secondary N) is 1. The van der Waals surface area contributed by atoms with E-state index in [9.17, 15) is 9.18 Å². The second-order valence-electron chi connectivity index (χ2n) is 6.02. The molecule has 0 atom stereocenters. The van der Waals surface area contributed by atoms with Gasteiger partial charge in [-0.2, -0.15) is 0 Å². The Bertz CT molecular complexity index is 931. The van der Waals surface area contributed by atoms with E-state index in [1.807, 2.05) is 29.6 Å². The molecule has 3 aromatic rings. The van der Waals surface area contributed by atoms with Crippen LogP contribution in [0.3, 0.4) is 0 Å². The van der Waals surface area contributed by atoms with Gasteiger partial charge in [0.25, 0.3) is 5.91 Å². The molecular formula is C19H21FN5O3+. The highest BCUT2D eigenvalue weighted by atomic mass is 19.1. The van der Waals surface area contributed by atoms with Gasteiger partial charge in [-0.1, -0.05) is 30.3 Å². The van der Waals surface area contributed by atoms with Gasteiger partial charge in [-0.15, -0.1) is 0 Å². The number of amides is 1. The highest BCUT2D eigenvalue weighted by Crippen LogP contribution is 2.19. The standard InChI is InChI=1S/C19H20FN5O3/c20-15-7-3-1-6-14(15)12-27-16-8-4-2-5-13(16)11-22-9-10-23-19(26)17-18(21)25-28-24-17/h1-8,22H,9-12H2,(H2,21,25)(H,23,26)/p+1. The Balaban J connectivity index is 1.45. The summed E-state index contributed by atoms with van der Waals surface area (Å²) in [5.74, 6) is -0.0547. The number of nitrogen functional groups attached to an aromatic ring is 1. The highest BCUT2D eigenvalue weighted by molar-refractivity contribution is 5.95. The lowest BCUT2D eigenvalue weighted by Crippen LogP contribution is -2.84. The number of hydrogen-bond acceptors (Lipinski definition) is 6. The second kappa shape index (κ2) is 9.47. The molecule has 2 aromatic carbocycles. The maximum absolute atomic E-state index is 13.7. The van der Waals surface area contributed by atoms with Crippen molar-refractivity contribution in [2.24, 2.45) is 0 Å². The SMILES string of the molecule is Nc1nonc1C(=O)NCC[NH2+]Cc1ccccc1OCc1ccccc1F. The van der Waals surface area contributed by atoms with Crippen LogP contribution in [-0.4, -0.2) is 29.3 Å². The molecule has 1 amide bonds. The quantitative estimate of drug-likeness (QED) is 0.469. The molecule has 0 aliphatic rings. The molecule has 3 rings (SSSR count). The Labute approximate surface area is 160 Å². The van der Waals surface area contributed by atoms with Gasteiger partial charge in [0.05, 0.1) is 13.1 Å². The molecule has 0 saturated heterocycles. The first-order valence-electron chi connectivity index (χ1n) is 8.77. The first kappa shape index (κ1) is 19.3. The molecular weight excluding hydrogens is 365 g/mol. The summed E-state index contributed by atoms with van der Waals surface area (Å²) in [5, 5.41) is 11.5. The topological polar surface area (TPSA) is 120 Å². The molecule has 0 aliphatic heterocycles. The predicted octanol–water partition coefficient (Wildman–Crippen LogP) is 0.863. The van der Waals surface area contributed by atoms with Crippen molar-refractivity contribution in [3.05, 3.63) is 71.2 Å². The minimum Gasteiger partial charge on any atom is -0.488 e. The van der Waals surface area contributed by atoms with Crippen LogP contribution in [0.4, 0.5) is 10.2 Å². The smallest absolute Gasteiger partial charge is 0.277 e. The molecule has 146 valence electrons. The molecule has 28 heavy (non-hydrogen) atoms. The van der Waals surface area contributed by atoms with Crippen molar-refractivity contribution in [3.63, 3.8) is 0 Å². The van der Waals surface area contributed by atoms with Gasteiger partial charge in [-0.25, -0.2) is 9.02 Å². The van der Waals surface area contributed by atoms with Crippen LogP contribution < -0.4 is 21.1 Å². The van der Waals surface area contributed by atoms with Crippen molar-refractivity contribution < 1.29 is 23.9 Å². The van der Waals surface area contributed by atoms with Crippen molar-refractivity contribution in [2.45, 2.75) is 13.2 Å². The van der Waals surface area contributed by atoms with E-state index in [1.165, 1.54) is 6.07 Å². The van der Waals surface area contributed by atoms with Crippen molar-refractivity contribution >= 4 is 11.7 Å². The Hall–Kier alpha value is -3.46. The molecule has 1 aromatic heterocycles. The van der Waals surface area contributed by atoms with Crippen LogP contribution >= 0.6 is 0 Å². The minimum atomic E-state index is -0.430. The van der Waals surface area contributed by atoms with E-state index in [1.54, 1.807) is 18.2 Å². The lowest BCUT2D eigenvalue weighted by Gasteiger charge is -2.11. The zero-order chi connectivity index (χ0) is 19.8. The molecule has 5 N–H and O–H groups in total. The number of quaternary nitrogens is 1. The van der Waals surface area contributed by atoms with Gasteiger partial charge in [-0.05, 0) is 28.5 Å². The van der Waals surface area contributed by atoms with E-state index < -0.39 is 5.91 Å². The van der Waals surface area contributed by atoms with Crippen LogP contribution in [0.5, 0.6) is 5.75 Å². The maximum atomic E-state index is 13.7. The van der Waals surface area contributed by atoms with Crippen LogP contribution in [0, 0.1) is 5.82 Å². The van der Waals surface area contributed by atoms with E-state index in [2.05, 4.69) is 20.3 Å². The lowest BCUT2D eigenvalue weighted by molar-refractivity contribution is -0.668. The summed E-state index contributed by atoms with van der Waals surface area (Å²) in [7, 11) is 0. The molecule has 8 nitrogen and oxygen atoms in total. The summed E-state index contributed by atoms with van der Waals surface area (Å²) in [6.45, 7) is 1.87. The van der Waals surface area contributed by atoms with Crippen molar-refractivity contribution in [1.82, 2.24) is 15.6 Å². The van der Waals surface area contributed by atoms with Crippen LogP contribution in [0.1, 0.15) is 21.6 Å². The summed E-state index contributed by atoms with van der Waals surface area (Å²) in [6, 6.07) is 14.1. The fourth-order valence-corrected chi connectivity index (χ4v) is 2.57. The third-order valence-electron chi connectivity index (χ3n) is 4.04. The number of hydrogen-bond donors (Lipinski definition) is 3. The summed E-state index contributed by atoms with van der Waals surface area (Å²) >= 11 is 0. The van der Waals surface area contributed by atoms with E-state index in [0.29, 0.717) is 30.9 Å². The highest BCUT2D eigenvalue weighted by Gasteiger charge is 2.15. The van der Waals surface area contributed by atoms with E-state index >= 15 is 0 Å². The van der Waals surface area contributed by atoms with E-state index in [4.69, 9.17) is 10.5 Å². The molecule has 0 bridgehead atoms. The van der Waals surface area contributed by atoms with Gasteiger partial charge in [0.2, 0.25) is 11.5 Å². The Morgan fingerprint density at radius 2 is 1.89 bits per heavy atom. The zero-order valence-electron chi connectivity index (χ0n) is 15.1. The van der Waals surface area contributed by atoms with Gasteiger partial charge in [-0.3, -0.25) is 4.79 Å². The Morgan fingerprint density at radius 3 is 2.64 bits per heavy atom. The van der Waals surface area contributed by atoms with Crippen molar-refractivity contribution in [2.75, 3.05) is 18.8 Å².